The highest BCUT2D eigenvalue weighted by molar-refractivity contribution is 9.10. The van der Waals surface area contributed by atoms with E-state index in [0.29, 0.717) is 16.8 Å². The number of benzene rings is 3. The number of alkyl halides is 3. The first-order valence-electron chi connectivity index (χ1n) is 10.1. The van der Waals surface area contributed by atoms with Crippen LogP contribution >= 0.6 is 15.9 Å². The number of rotatable bonds is 6. The molecule has 0 unspecified atom stereocenters. The highest BCUT2D eigenvalue weighted by Gasteiger charge is 2.34. The zero-order valence-corrected chi connectivity index (χ0v) is 18.7. The Morgan fingerprint density at radius 2 is 1.55 bits per heavy atom. The average molecular weight is 519 g/mol. The lowest BCUT2D eigenvalue weighted by molar-refractivity contribution is -0.274. The molecule has 0 spiro atoms. The molecule has 1 aliphatic carbocycles. The standard InChI is InChI=1S/C24H18BrF3N2O3/c25-19-12-17(14-9-10-14)13-20(33-24(26,27)28)21(19)30-23(32)16-7-4-8-18(11-16)29-22(31)15-5-2-1-3-6-15/h1-8,11-14H,9-10H2,(H,29,31)(H,30,32). The van der Waals surface area contributed by atoms with Crippen LogP contribution < -0.4 is 15.4 Å². The van der Waals surface area contributed by atoms with Crippen LogP contribution in [0.5, 0.6) is 5.75 Å². The van der Waals surface area contributed by atoms with E-state index in [1.807, 2.05) is 0 Å². The van der Waals surface area contributed by atoms with Gasteiger partial charge >= 0.3 is 6.36 Å². The number of carbonyl (C=O) groups excluding carboxylic acids is 2. The van der Waals surface area contributed by atoms with Crippen molar-refractivity contribution in [1.82, 2.24) is 0 Å². The van der Waals surface area contributed by atoms with Gasteiger partial charge in [-0.1, -0.05) is 24.3 Å². The van der Waals surface area contributed by atoms with E-state index in [1.165, 1.54) is 18.2 Å². The van der Waals surface area contributed by atoms with Gasteiger partial charge in [-0.15, -0.1) is 13.2 Å². The van der Waals surface area contributed by atoms with Crippen LogP contribution in [0.4, 0.5) is 24.5 Å². The van der Waals surface area contributed by atoms with Gasteiger partial charge in [-0.05, 0) is 82.7 Å². The first-order chi connectivity index (χ1) is 15.7. The second kappa shape index (κ2) is 9.27. The molecule has 2 amide bonds. The van der Waals surface area contributed by atoms with Crippen molar-refractivity contribution in [3.05, 3.63) is 87.9 Å². The molecule has 9 heteroatoms. The molecular formula is C24H18BrF3N2O3. The lowest BCUT2D eigenvalue weighted by Gasteiger charge is -2.17. The molecule has 170 valence electrons. The monoisotopic (exact) mass is 518 g/mol. The number of ether oxygens (including phenoxy) is 1. The molecule has 0 radical (unpaired) electrons. The van der Waals surface area contributed by atoms with Crippen LogP contribution in [0, 0.1) is 0 Å². The fourth-order valence-electron chi connectivity index (χ4n) is 3.30. The van der Waals surface area contributed by atoms with Gasteiger partial charge in [0.2, 0.25) is 0 Å². The molecule has 0 heterocycles. The molecule has 1 aliphatic rings. The first-order valence-corrected chi connectivity index (χ1v) is 10.9. The summed E-state index contributed by atoms with van der Waals surface area (Å²) >= 11 is 3.26. The SMILES string of the molecule is O=C(Nc1cccc(C(=O)Nc2c(Br)cc(C3CC3)cc2OC(F)(F)F)c1)c1ccccc1. The number of hydrogen-bond acceptors (Lipinski definition) is 3. The molecule has 3 aromatic carbocycles. The Hall–Kier alpha value is -3.33. The van der Waals surface area contributed by atoms with Crippen molar-refractivity contribution in [3.8, 4) is 5.75 Å². The van der Waals surface area contributed by atoms with E-state index in [-0.39, 0.29) is 27.5 Å². The Morgan fingerprint density at radius 1 is 0.879 bits per heavy atom. The first kappa shape index (κ1) is 22.8. The topological polar surface area (TPSA) is 67.4 Å². The van der Waals surface area contributed by atoms with Crippen LogP contribution in [0.3, 0.4) is 0 Å². The fourth-order valence-corrected chi connectivity index (χ4v) is 3.86. The molecule has 4 rings (SSSR count). The van der Waals surface area contributed by atoms with Gasteiger partial charge in [-0.2, -0.15) is 0 Å². The highest BCUT2D eigenvalue weighted by atomic mass is 79.9. The van der Waals surface area contributed by atoms with Crippen molar-refractivity contribution < 1.29 is 27.5 Å². The molecule has 5 nitrogen and oxygen atoms in total. The van der Waals surface area contributed by atoms with E-state index in [9.17, 15) is 22.8 Å². The van der Waals surface area contributed by atoms with Crippen LogP contribution in [0.2, 0.25) is 0 Å². The summed E-state index contributed by atoms with van der Waals surface area (Å²) in [7, 11) is 0. The van der Waals surface area contributed by atoms with Crippen LogP contribution in [-0.4, -0.2) is 18.2 Å². The molecule has 33 heavy (non-hydrogen) atoms. The molecule has 0 saturated heterocycles. The van der Waals surface area contributed by atoms with Crippen LogP contribution in [0.25, 0.3) is 0 Å². The second-order valence-corrected chi connectivity index (χ2v) is 8.41. The van der Waals surface area contributed by atoms with E-state index < -0.39 is 18.0 Å². The zero-order valence-electron chi connectivity index (χ0n) is 17.1. The average Bonchev–Trinajstić information content (AvgIpc) is 3.61. The molecule has 0 bridgehead atoms. The number of halogens is 4. The van der Waals surface area contributed by atoms with Crippen molar-refractivity contribution >= 4 is 39.1 Å². The molecule has 1 saturated carbocycles. The van der Waals surface area contributed by atoms with E-state index in [4.69, 9.17) is 0 Å². The Kier molecular flexibility index (Phi) is 6.42. The summed E-state index contributed by atoms with van der Waals surface area (Å²) in [4.78, 5) is 25.2. The number of nitrogens with one attached hydrogen (secondary N) is 2. The van der Waals surface area contributed by atoms with Crippen molar-refractivity contribution in [3.63, 3.8) is 0 Å². The van der Waals surface area contributed by atoms with Gasteiger partial charge < -0.3 is 15.4 Å². The van der Waals surface area contributed by atoms with Crippen LogP contribution in [-0.2, 0) is 0 Å². The van der Waals surface area contributed by atoms with Crippen molar-refractivity contribution in [2.24, 2.45) is 0 Å². The number of hydrogen-bond donors (Lipinski definition) is 2. The molecule has 0 aromatic heterocycles. The summed E-state index contributed by atoms with van der Waals surface area (Å²) in [5, 5.41) is 5.19. The van der Waals surface area contributed by atoms with Gasteiger partial charge in [0.1, 0.15) is 0 Å². The van der Waals surface area contributed by atoms with Crippen LogP contribution in [0.1, 0.15) is 45.0 Å². The van der Waals surface area contributed by atoms with E-state index in [1.54, 1.807) is 48.5 Å². The molecule has 1 fully saturated rings. The zero-order chi connectivity index (χ0) is 23.6. The fraction of sp³-hybridized carbons (Fsp3) is 0.167. The number of amides is 2. The smallest absolute Gasteiger partial charge is 0.404 e. The molecule has 3 aromatic rings. The van der Waals surface area contributed by atoms with Gasteiger partial charge in [0.15, 0.2) is 5.75 Å². The van der Waals surface area contributed by atoms with Crippen molar-refractivity contribution in [1.29, 1.82) is 0 Å². The molecule has 0 atom stereocenters. The second-order valence-electron chi connectivity index (χ2n) is 7.55. The highest BCUT2D eigenvalue weighted by Crippen LogP contribution is 2.46. The maximum Gasteiger partial charge on any atom is 0.573 e. The molecule has 2 N–H and O–H groups in total. The maximum atomic E-state index is 13.0. The predicted molar refractivity (Wildman–Crippen MR) is 122 cm³/mol. The number of anilines is 2. The summed E-state index contributed by atoms with van der Waals surface area (Å²) in [5.41, 5.74) is 1.55. The van der Waals surface area contributed by atoms with Crippen molar-refractivity contribution in [2.75, 3.05) is 10.6 Å². The number of carbonyl (C=O) groups is 2. The lowest BCUT2D eigenvalue weighted by Crippen LogP contribution is -2.20. The summed E-state index contributed by atoms with van der Waals surface area (Å²) < 4.78 is 43.4. The minimum absolute atomic E-state index is 0.125. The van der Waals surface area contributed by atoms with Gasteiger partial charge in [-0.25, -0.2) is 0 Å². The largest absolute Gasteiger partial charge is 0.573 e. The van der Waals surface area contributed by atoms with Crippen molar-refractivity contribution in [2.45, 2.75) is 25.1 Å². The summed E-state index contributed by atoms with van der Waals surface area (Å²) in [6.07, 6.45) is -3.13. The Bertz CT molecular complexity index is 1200. The third-order valence-electron chi connectivity index (χ3n) is 5.01. The molecule has 0 aliphatic heterocycles. The van der Waals surface area contributed by atoms with Gasteiger partial charge in [0.25, 0.3) is 11.8 Å². The van der Waals surface area contributed by atoms with Gasteiger partial charge in [0, 0.05) is 21.3 Å². The van der Waals surface area contributed by atoms with Gasteiger partial charge in [0.05, 0.1) is 5.69 Å². The van der Waals surface area contributed by atoms with Crippen LogP contribution in [0.15, 0.2) is 71.2 Å². The molecular weight excluding hydrogens is 501 g/mol. The van der Waals surface area contributed by atoms with Gasteiger partial charge in [-0.3, -0.25) is 9.59 Å². The van der Waals surface area contributed by atoms with E-state index >= 15 is 0 Å². The normalized spacial score (nSPS) is 13.3. The predicted octanol–water partition coefficient (Wildman–Crippen LogP) is 6.73. The maximum absolute atomic E-state index is 13.0. The van der Waals surface area contributed by atoms with E-state index in [2.05, 4.69) is 31.3 Å². The summed E-state index contributed by atoms with van der Waals surface area (Å²) in [6.45, 7) is 0. The summed E-state index contributed by atoms with van der Waals surface area (Å²) in [6, 6.07) is 17.6. The Morgan fingerprint density at radius 3 is 2.21 bits per heavy atom. The third kappa shape index (κ3) is 5.92. The quantitative estimate of drug-likeness (QED) is 0.380. The summed E-state index contributed by atoms with van der Waals surface area (Å²) in [5.74, 6) is -1.31. The Balaban J connectivity index is 1.56. The Labute approximate surface area is 196 Å². The third-order valence-corrected chi connectivity index (χ3v) is 5.63. The van der Waals surface area contributed by atoms with E-state index in [0.717, 1.165) is 12.8 Å². The lowest BCUT2D eigenvalue weighted by atomic mass is 10.1. The minimum Gasteiger partial charge on any atom is -0.404 e. The minimum atomic E-state index is -4.91.